The van der Waals surface area contributed by atoms with E-state index in [0.717, 1.165) is 31.6 Å². The summed E-state index contributed by atoms with van der Waals surface area (Å²) in [6, 6.07) is 0. The van der Waals surface area contributed by atoms with Gasteiger partial charge in [-0.3, -0.25) is 10.1 Å². The molecule has 2 N–H and O–H groups in total. The van der Waals surface area contributed by atoms with Crippen molar-refractivity contribution in [3.8, 4) is 0 Å². The molecule has 1 saturated heterocycles. The van der Waals surface area contributed by atoms with E-state index in [9.17, 15) is 4.79 Å². The van der Waals surface area contributed by atoms with Crippen LogP contribution in [0.1, 0.15) is 23.4 Å². The number of rotatable bonds is 2. The summed E-state index contributed by atoms with van der Waals surface area (Å²) in [5.41, 5.74) is 1.06. The lowest BCUT2D eigenvalue weighted by Crippen LogP contribution is -2.26. The van der Waals surface area contributed by atoms with Crippen LogP contribution in [-0.4, -0.2) is 23.6 Å². The lowest BCUT2D eigenvalue weighted by atomic mass is 10.2. The number of carbonyl (C=O) groups excluding carboxylic acids is 1. The summed E-state index contributed by atoms with van der Waals surface area (Å²) in [6.07, 6.45) is 1.51. The van der Waals surface area contributed by atoms with Gasteiger partial charge in [0.05, 0.1) is 5.69 Å². The number of amides is 1. The van der Waals surface area contributed by atoms with Gasteiger partial charge in [-0.1, -0.05) is 0 Å². The van der Waals surface area contributed by atoms with Crippen molar-refractivity contribution >= 4 is 22.4 Å². The van der Waals surface area contributed by atoms with E-state index in [-0.39, 0.29) is 12.0 Å². The number of fused-ring (bicyclic) bond motifs is 1. The number of nitrogens with zero attached hydrogens (tertiary/aromatic N) is 1. The fraction of sp³-hybridized carbons (Fsp3) is 0.600. The van der Waals surface area contributed by atoms with Crippen LogP contribution in [0.3, 0.4) is 0 Å². The van der Waals surface area contributed by atoms with Crippen molar-refractivity contribution in [2.45, 2.75) is 32.0 Å². The van der Waals surface area contributed by atoms with Gasteiger partial charge in [0.25, 0.3) is 5.91 Å². The minimum Gasteiger partial charge on any atom is -0.368 e. The van der Waals surface area contributed by atoms with Crippen molar-refractivity contribution in [1.29, 1.82) is 0 Å². The van der Waals surface area contributed by atoms with Crippen molar-refractivity contribution < 1.29 is 9.53 Å². The smallest absolute Gasteiger partial charge is 0.255 e. The summed E-state index contributed by atoms with van der Waals surface area (Å²) in [5.74, 6) is -0.0575. The Morgan fingerprint density at radius 3 is 3.25 bits per heavy atom. The predicted octanol–water partition coefficient (Wildman–Crippen LogP) is 0.864. The van der Waals surface area contributed by atoms with Gasteiger partial charge in [0.1, 0.15) is 6.10 Å². The maximum absolute atomic E-state index is 11.8. The monoisotopic (exact) mass is 239 g/mol. The van der Waals surface area contributed by atoms with Crippen LogP contribution in [0.15, 0.2) is 0 Å². The molecule has 3 rings (SSSR count). The normalized spacial score (nSPS) is 23.4. The molecule has 0 saturated carbocycles. The molecule has 1 aromatic heterocycles. The first kappa shape index (κ1) is 10.2. The zero-order chi connectivity index (χ0) is 11.0. The van der Waals surface area contributed by atoms with Gasteiger partial charge >= 0.3 is 0 Å². The number of hydrogen-bond acceptors (Lipinski definition) is 5. The van der Waals surface area contributed by atoms with Gasteiger partial charge < -0.3 is 10.1 Å². The van der Waals surface area contributed by atoms with Crippen LogP contribution in [0, 0.1) is 0 Å². The molecule has 1 fully saturated rings. The molecule has 1 amide bonds. The molecule has 3 heterocycles. The predicted molar refractivity (Wildman–Crippen MR) is 60.3 cm³/mol. The minimum absolute atomic E-state index is 0.0575. The van der Waals surface area contributed by atoms with Crippen LogP contribution in [-0.2, 0) is 22.6 Å². The fourth-order valence-corrected chi connectivity index (χ4v) is 2.93. The maximum Gasteiger partial charge on any atom is 0.255 e. The highest BCUT2D eigenvalue weighted by Gasteiger charge is 2.25. The Morgan fingerprint density at radius 2 is 2.50 bits per heavy atom. The number of anilines is 1. The number of aromatic nitrogens is 1. The molecule has 0 aliphatic carbocycles. The van der Waals surface area contributed by atoms with E-state index < -0.39 is 0 Å². The van der Waals surface area contributed by atoms with Gasteiger partial charge in [-0.05, 0) is 12.8 Å². The van der Waals surface area contributed by atoms with E-state index in [1.165, 1.54) is 4.88 Å². The largest absolute Gasteiger partial charge is 0.368 e. The third-order valence-corrected chi connectivity index (χ3v) is 3.82. The SMILES string of the molecule is O=C(Nc1nc2c(s1)CNC2)C1CCCO1. The Bertz CT molecular complexity index is 391. The van der Waals surface area contributed by atoms with Gasteiger partial charge in [0.2, 0.25) is 0 Å². The molecule has 2 aliphatic rings. The maximum atomic E-state index is 11.8. The lowest BCUT2D eigenvalue weighted by Gasteiger charge is -2.07. The Hall–Kier alpha value is -0.980. The standard InChI is InChI=1S/C10H13N3O2S/c14-9(7-2-1-3-15-7)13-10-12-6-4-11-5-8(6)16-10/h7,11H,1-5H2,(H,12,13,14). The quantitative estimate of drug-likeness (QED) is 0.803. The molecule has 1 unspecified atom stereocenters. The number of thiazole rings is 1. The third-order valence-electron chi connectivity index (χ3n) is 2.81. The highest BCUT2D eigenvalue weighted by Crippen LogP contribution is 2.26. The van der Waals surface area contributed by atoms with Crippen molar-refractivity contribution in [3.63, 3.8) is 0 Å². The second-order valence-electron chi connectivity index (χ2n) is 3.98. The van der Waals surface area contributed by atoms with E-state index in [1.807, 2.05) is 0 Å². The molecule has 16 heavy (non-hydrogen) atoms. The molecular formula is C10H13N3O2S. The van der Waals surface area contributed by atoms with Gasteiger partial charge in [0.15, 0.2) is 5.13 Å². The van der Waals surface area contributed by atoms with Crippen LogP contribution in [0.25, 0.3) is 0 Å². The van der Waals surface area contributed by atoms with Gasteiger partial charge in [-0.15, -0.1) is 11.3 Å². The van der Waals surface area contributed by atoms with Crippen LogP contribution in [0.2, 0.25) is 0 Å². The van der Waals surface area contributed by atoms with E-state index in [2.05, 4.69) is 15.6 Å². The molecule has 0 aromatic carbocycles. The summed E-state index contributed by atoms with van der Waals surface area (Å²) < 4.78 is 5.32. The van der Waals surface area contributed by atoms with Crippen molar-refractivity contribution in [1.82, 2.24) is 10.3 Å². The molecule has 5 nitrogen and oxygen atoms in total. The summed E-state index contributed by atoms with van der Waals surface area (Å²) in [6.45, 7) is 2.36. The lowest BCUT2D eigenvalue weighted by molar-refractivity contribution is -0.124. The highest BCUT2D eigenvalue weighted by atomic mass is 32.1. The second-order valence-corrected chi connectivity index (χ2v) is 5.07. The van der Waals surface area contributed by atoms with Crippen LogP contribution in [0.4, 0.5) is 5.13 Å². The second kappa shape index (κ2) is 4.12. The van der Waals surface area contributed by atoms with E-state index in [4.69, 9.17) is 4.74 Å². The Morgan fingerprint density at radius 1 is 1.56 bits per heavy atom. The molecular weight excluding hydrogens is 226 g/mol. The van der Waals surface area contributed by atoms with Crippen molar-refractivity contribution in [2.75, 3.05) is 11.9 Å². The Balaban J connectivity index is 1.67. The molecule has 86 valence electrons. The van der Waals surface area contributed by atoms with E-state index >= 15 is 0 Å². The molecule has 0 radical (unpaired) electrons. The molecule has 0 bridgehead atoms. The van der Waals surface area contributed by atoms with Crippen LogP contribution >= 0.6 is 11.3 Å². The van der Waals surface area contributed by atoms with Crippen LogP contribution < -0.4 is 10.6 Å². The van der Waals surface area contributed by atoms with Gasteiger partial charge in [-0.2, -0.15) is 0 Å². The zero-order valence-electron chi connectivity index (χ0n) is 8.78. The first-order chi connectivity index (χ1) is 7.83. The van der Waals surface area contributed by atoms with Gasteiger partial charge in [0, 0.05) is 24.6 Å². The number of carbonyl (C=O) groups is 1. The van der Waals surface area contributed by atoms with E-state index in [1.54, 1.807) is 11.3 Å². The summed E-state index contributed by atoms with van der Waals surface area (Å²) >= 11 is 1.55. The molecule has 0 spiro atoms. The molecule has 1 atom stereocenters. The number of nitrogens with one attached hydrogen (secondary N) is 2. The molecule has 1 aromatic rings. The average molecular weight is 239 g/mol. The average Bonchev–Trinajstić information content (AvgIpc) is 2.91. The first-order valence-corrected chi connectivity index (χ1v) is 6.26. The van der Waals surface area contributed by atoms with Crippen LogP contribution in [0.5, 0.6) is 0 Å². The number of ether oxygens (including phenoxy) is 1. The van der Waals surface area contributed by atoms with E-state index in [0.29, 0.717) is 11.7 Å². The topological polar surface area (TPSA) is 63.2 Å². The molecule has 6 heteroatoms. The van der Waals surface area contributed by atoms with Crippen molar-refractivity contribution in [2.24, 2.45) is 0 Å². The summed E-state index contributed by atoms with van der Waals surface area (Å²) in [4.78, 5) is 17.4. The van der Waals surface area contributed by atoms with Gasteiger partial charge in [-0.25, -0.2) is 4.98 Å². The Kier molecular flexibility index (Phi) is 2.62. The zero-order valence-corrected chi connectivity index (χ0v) is 9.60. The Labute approximate surface area is 97.2 Å². The summed E-state index contributed by atoms with van der Waals surface area (Å²) in [5, 5.41) is 6.74. The van der Waals surface area contributed by atoms with Crippen molar-refractivity contribution in [3.05, 3.63) is 10.6 Å². The summed E-state index contributed by atoms with van der Waals surface area (Å²) in [7, 11) is 0. The fourth-order valence-electron chi connectivity index (χ4n) is 1.98. The third kappa shape index (κ3) is 1.83. The first-order valence-electron chi connectivity index (χ1n) is 5.45. The highest BCUT2D eigenvalue weighted by molar-refractivity contribution is 7.15. The number of hydrogen-bond donors (Lipinski definition) is 2. The molecule has 2 aliphatic heterocycles. The minimum atomic E-state index is -0.281.